The van der Waals surface area contributed by atoms with Crippen molar-refractivity contribution >= 4 is 11.3 Å². The van der Waals surface area contributed by atoms with E-state index in [4.69, 9.17) is 10.2 Å². The molecule has 1 aromatic rings. The van der Waals surface area contributed by atoms with Crippen LogP contribution in [-0.2, 0) is 6.54 Å². The summed E-state index contributed by atoms with van der Waals surface area (Å²) in [5.74, 6) is 0. The normalized spacial score (nSPS) is 12.0. The van der Waals surface area contributed by atoms with Gasteiger partial charge >= 0.3 is 0 Å². The van der Waals surface area contributed by atoms with Gasteiger partial charge in [0.05, 0.1) is 13.2 Å². The molecule has 0 saturated carbocycles. The van der Waals surface area contributed by atoms with Crippen molar-refractivity contribution in [3.63, 3.8) is 0 Å². The molecule has 4 heteroatoms. The van der Waals surface area contributed by atoms with E-state index in [9.17, 15) is 0 Å². The number of aliphatic hydroxyl groups is 2. The van der Waals surface area contributed by atoms with Gasteiger partial charge in [-0.15, -0.1) is 11.3 Å². The summed E-state index contributed by atoms with van der Waals surface area (Å²) in [6.07, 6.45) is 0. The van der Waals surface area contributed by atoms with Gasteiger partial charge in [0.15, 0.2) is 0 Å². The van der Waals surface area contributed by atoms with Crippen molar-refractivity contribution in [1.82, 2.24) is 5.32 Å². The maximum Gasteiger partial charge on any atom is 0.0518 e. The van der Waals surface area contributed by atoms with E-state index < -0.39 is 5.41 Å². The van der Waals surface area contributed by atoms with Crippen molar-refractivity contribution in [2.24, 2.45) is 5.41 Å². The molecule has 3 N–H and O–H groups in total. The fourth-order valence-corrected chi connectivity index (χ4v) is 2.10. The SMILES string of the molecule is Cc1ccsc1CNCC(C)(CO)CO. The summed E-state index contributed by atoms with van der Waals surface area (Å²) in [7, 11) is 0. The molecule has 0 aliphatic carbocycles. The Morgan fingerprint density at radius 2 is 2.07 bits per heavy atom. The van der Waals surface area contributed by atoms with Crippen LogP contribution in [0.25, 0.3) is 0 Å². The fourth-order valence-electron chi connectivity index (χ4n) is 1.22. The van der Waals surface area contributed by atoms with Crippen LogP contribution < -0.4 is 5.32 Å². The minimum atomic E-state index is -0.425. The number of rotatable bonds is 6. The van der Waals surface area contributed by atoms with Gasteiger partial charge in [-0.1, -0.05) is 6.92 Å². The van der Waals surface area contributed by atoms with Crippen LogP contribution in [0.4, 0.5) is 0 Å². The Kier molecular flexibility index (Phi) is 4.73. The molecule has 0 saturated heterocycles. The molecule has 15 heavy (non-hydrogen) atoms. The van der Waals surface area contributed by atoms with E-state index in [1.54, 1.807) is 11.3 Å². The predicted molar refractivity (Wildman–Crippen MR) is 63.0 cm³/mol. The molecule has 0 atom stereocenters. The molecule has 0 aromatic carbocycles. The molecule has 0 radical (unpaired) electrons. The van der Waals surface area contributed by atoms with Crippen LogP contribution in [0.1, 0.15) is 17.4 Å². The topological polar surface area (TPSA) is 52.5 Å². The maximum absolute atomic E-state index is 9.10. The summed E-state index contributed by atoms with van der Waals surface area (Å²) < 4.78 is 0. The number of hydrogen-bond donors (Lipinski definition) is 3. The molecule has 0 amide bonds. The largest absolute Gasteiger partial charge is 0.396 e. The van der Waals surface area contributed by atoms with E-state index >= 15 is 0 Å². The maximum atomic E-state index is 9.10. The molecule has 1 heterocycles. The van der Waals surface area contributed by atoms with Crippen molar-refractivity contribution in [1.29, 1.82) is 0 Å². The third kappa shape index (κ3) is 3.57. The summed E-state index contributed by atoms with van der Waals surface area (Å²) in [5, 5.41) is 23.5. The highest BCUT2D eigenvalue weighted by Gasteiger charge is 2.21. The molecular weight excluding hydrogens is 210 g/mol. The van der Waals surface area contributed by atoms with Gasteiger partial charge in [0.1, 0.15) is 0 Å². The van der Waals surface area contributed by atoms with Crippen molar-refractivity contribution in [2.45, 2.75) is 20.4 Å². The lowest BCUT2D eigenvalue weighted by Gasteiger charge is -2.24. The molecule has 3 nitrogen and oxygen atoms in total. The van der Waals surface area contributed by atoms with Crippen LogP contribution in [0.3, 0.4) is 0 Å². The molecule has 1 aromatic heterocycles. The average molecular weight is 229 g/mol. The number of aryl methyl sites for hydroxylation is 1. The standard InChI is InChI=1S/C11H19NO2S/c1-9-3-4-15-10(9)5-12-6-11(2,7-13)8-14/h3-4,12-14H,5-8H2,1-2H3. The van der Waals surface area contributed by atoms with Gasteiger partial charge in [-0.05, 0) is 23.9 Å². The Morgan fingerprint density at radius 3 is 2.53 bits per heavy atom. The second-order valence-corrected chi connectivity index (χ2v) is 5.26. The van der Waals surface area contributed by atoms with E-state index in [0.29, 0.717) is 6.54 Å². The van der Waals surface area contributed by atoms with Crippen LogP contribution >= 0.6 is 11.3 Å². The lowest BCUT2D eigenvalue weighted by Crippen LogP contribution is -2.37. The summed E-state index contributed by atoms with van der Waals surface area (Å²) in [6, 6.07) is 2.10. The van der Waals surface area contributed by atoms with Gasteiger partial charge in [-0.2, -0.15) is 0 Å². The molecule has 0 aliphatic heterocycles. The Balaban J connectivity index is 2.36. The molecule has 0 fully saturated rings. The fraction of sp³-hybridized carbons (Fsp3) is 0.636. The van der Waals surface area contributed by atoms with E-state index in [1.165, 1.54) is 10.4 Å². The van der Waals surface area contributed by atoms with E-state index in [0.717, 1.165) is 6.54 Å². The van der Waals surface area contributed by atoms with Crippen molar-refractivity contribution in [3.8, 4) is 0 Å². The first-order valence-electron chi connectivity index (χ1n) is 5.07. The Morgan fingerprint density at radius 1 is 1.40 bits per heavy atom. The van der Waals surface area contributed by atoms with Crippen molar-refractivity contribution in [3.05, 3.63) is 21.9 Å². The number of aliphatic hydroxyl groups excluding tert-OH is 2. The zero-order valence-corrected chi connectivity index (χ0v) is 10.1. The van der Waals surface area contributed by atoms with E-state index in [-0.39, 0.29) is 13.2 Å². The zero-order valence-electron chi connectivity index (χ0n) is 9.29. The zero-order chi connectivity index (χ0) is 11.3. The molecule has 0 unspecified atom stereocenters. The van der Waals surface area contributed by atoms with Gasteiger partial charge in [0.2, 0.25) is 0 Å². The van der Waals surface area contributed by atoms with Gasteiger partial charge in [-0.25, -0.2) is 0 Å². The highest BCUT2D eigenvalue weighted by molar-refractivity contribution is 7.10. The Hall–Kier alpha value is -0.420. The smallest absolute Gasteiger partial charge is 0.0518 e. The summed E-state index contributed by atoms with van der Waals surface area (Å²) in [5.41, 5.74) is 0.868. The number of thiophene rings is 1. The van der Waals surface area contributed by atoms with Gasteiger partial charge in [-0.3, -0.25) is 0 Å². The lowest BCUT2D eigenvalue weighted by molar-refractivity contribution is 0.0696. The molecule has 0 aliphatic rings. The molecule has 0 spiro atoms. The second-order valence-electron chi connectivity index (χ2n) is 4.26. The first-order chi connectivity index (χ1) is 7.11. The third-order valence-electron chi connectivity index (χ3n) is 2.57. The van der Waals surface area contributed by atoms with Crippen LogP contribution in [0.5, 0.6) is 0 Å². The molecule has 1 rings (SSSR count). The average Bonchev–Trinajstić information content (AvgIpc) is 2.64. The van der Waals surface area contributed by atoms with E-state index in [1.807, 2.05) is 6.92 Å². The quantitative estimate of drug-likeness (QED) is 0.685. The van der Waals surface area contributed by atoms with Crippen LogP contribution in [-0.4, -0.2) is 30.0 Å². The van der Waals surface area contributed by atoms with Crippen LogP contribution in [0, 0.1) is 12.3 Å². The monoisotopic (exact) mass is 229 g/mol. The first-order valence-corrected chi connectivity index (χ1v) is 5.95. The van der Waals surface area contributed by atoms with Gasteiger partial charge in [0.25, 0.3) is 0 Å². The van der Waals surface area contributed by atoms with Gasteiger partial charge in [0, 0.05) is 23.4 Å². The molecule has 0 bridgehead atoms. The molecule has 86 valence electrons. The van der Waals surface area contributed by atoms with Crippen molar-refractivity contribution < 1.29 is 10.2 Å². The number of nitrogens with one attached hydrogen (secondary N) is 1. The highest BCUT2D eigenvalue weighted by Crippen LogP contribution is 2.16. The van der Waals surface area contributed by atoms with Crippen molar-refractivity contribution in [2.75, 3.05) is 19.8 Å². The third-order valence-corrected chi connectivity index (χ3v) is 3.59. The summed E-state index contributed by atoms with van der Waals surface area (Å²) in [4.78, 5) is 1.31. The lowest BCUT2D eigenvalue weighted by atomic mass is 9.93. The van der Waals surface area contributed by atoms with Crippen LogP contribution in [0.15, 0.2) is 11.4 Å². The first kappa shape index (κ1) is 12.6. The Bertz CT molecular complexity index is 295. The molecular formula is C11H19NO2S. The van der Waals surface area contributed by atoms with Gasteiger partial charge < -0.3 is 15.5 Å². The minimum absolute atomic E-state index is 0.0000768. The summed E-state index contributed by atoms with van der Waals surface area (Å²) >= 11 is 1.73. The predicted octanol–water partition coefficient (Wildman–Crippen LogP) is 1.14. The second kappa shape index (κ2) is 5.61. The van der Waals surface area contributed by atoms with E-state index in [2.05, 4.69) is 23.7 Å². The Labute approximate surface area is 94.8 Å². The summed E-state index contributed by atoms with van der Waals surface area (Å²) in [6.45, 7) is 5.38. The number of hydrogen-bond acceptors (Lipinski definition) is 4. The highest BCUT2D eigenvalue weighted by atomic mass is 32.1. The minimum Gasteiger partial charge on any atom is -0.396 e. The van der Waals surface area contributed by atoms with Crippen LogP contribution in [0.2, 0.25) is 0 Å².